The molecule has 2 aromatic rings. The van der Waals surface area contributed by atoms with E-state index in [-0.39, 0.29) is 23.5 Å². The monoisotopic (exact) mass is 388 g/mol. The first-order valence-electron chi connectivity index (χ1n) is 8.89. The summed E-state index contributed by atoms with van der Waals surface area (Å²) < 4.78 is 23.3. The quantitative estimate of drug-likeness (QED) is 0.744. The highest BCUT2D eigenvalue weighted by Gasteiger charge is 2.33. The summed E-state index contributed by atoms with van der Waals surface area (Å²) in [6, 6.07) is 7.28. The zero-order valence-electron chi connectivity index (χ0n) is 15.6. The van der Waals surface area contributed by atoms with Gasteiger partial charge in [0.25, 0.3) is 5.91 Å². The number of likely N-dealkylation sites (N-methyl/N-ethyl adjacent to an activating group) is 1. The van der Waals surface area contributed by atoms with Gasteiger partial charge in [-0.05, 0) is 42.7 Å². The van der Waals surface area contributed by atoms with Gasteiger partial charge in [0.15, 0.2) is 9.84 Å². The van der Waals surface area contributed by atoms with Gasteiger partial charge in [-0.15, -0.1) is 0 Å². The van der Waals surface area contributed by atoms with E-state index < -0.39 is 9.84 Å². The number of rotatable bonds is 6. The fourth-order valence-corrected chi connectivity index (χ4v) is 4.92. The second kappa shape index (κ2) is 8.04. The number of aromatic nitrogens is 2. The number of carbonyl (C=O) groups is 1. The van der Waals surface area contributed by atoms with Crippen LogP contribution in [0.4, 0.5) is 5.69 Å². The van der Waals surface area contributed by atoms with Gasteiger partial charge in [-0.2, -0.15) is 0 Å². The van der Waals surface area contributed by atoms with Crippen molar-refractivity contribution in [2.24, 2.45) is 0 Å². The van der Waals surface area contributed by atoms with Crippen molar-refractivity contribution in [2.45, 2.75) is 18.9 Å². The lowest BCUT2D eigenvalue weighted by molar-refractivity contribution is 0.0742. The fraction of sp³-hybridized carbons (Fsp3) is 0.421. The predicted octanol–water partition coefficient (Wildman–Crippen LogP) is 1.41. The molecule has 0 saturated carbocycles. The van der Waals surface area contributed by atoms with E-state index in [4.69, 9.17) is 0 Å². The largest absolute Gasteiger partial charge is 0.373 e. The van der Waals surface area contributed by atoms with Crippen LogP contribution in [0.15, 0.2) is 42.9 Å². The highest BCUT2D eigenvalue weighted by molar-refractivity contribution is 7.91. The lowest BCUT2D eigenvalue weighted by Gasteiger charge is -2.23. The number of hydrogen-bond donors (Lipinski definition) is 0. The van der Waals surface area contributed by atoms with Gasteiger partial charge in [-0.25, -0.2) is 13.4 Å². The summed E-state index contributed by atoms with van der Waals surface area (Å²) in [5.74, 6) is -0.0716. The molecule has 0 bridgehead atoms. The van der Waals surface area contributed by atoms with Crippen molar-refractivity contribution < 1.29 is 13.2 Å². The number of carbonyl (C=O) groups excluding carboxylic acids is 1. The van der Waals surface area contributed by atoms with Crippen molar-refractivity contribution in [3.63, 3.8) is 0 Å². The molecule has 0 radical (unpaired) electrons. The van der Waals surface area contributed by atoms with Gasteiger partial charge in [0.2, 0.25) is 0 Å². The van der Waals surface area contributed by atoms with E-state index in [2.05, 4.69) is 14.9 Å². The van der Waals surface area contributed by atoms with Crippen LogP contribution in [0.3, 0.4) is 0 Å². The fourth-order valence-electron chi connectivity index (χ4n) is 3.14. The standard InChI is InChI=1S/C19H24N4O3S/c1-22(11-7-15-5-9-20-10-6-15)16-3-4-18(21-13-16)19(24)23(2)17-8-12-27(25,26)14-17/h3-6,9-10,13,17H,7-8,11-12,14H2,1-2H3. The first kappa shape index (κ1) is 19.3. The topological polar surface area (TPSA) is 83.5 Å². The summed E-state index contributed by atoms with van der Waals surface area (Å²) in [6.07, 6.45) is 6.62. The molecule has 0 aromatic carbocycles. The molecule has 0 N–H and O–H groups in total. The molecule has 1 unspecified atom stereocenters. The summed E-state index contributed by atoms with van der Waals surface area (Å²) >= 11 is 0. The van der Waals surface area contributed by atoms with E-state index in [9.17, 15) is 13.2 Å². The second-order valence-electron chi connectivity index (χ2n) is 6.90. The lowest BCUT2D eigenvalue weighted by atomic mass is 10.2. The number of sulfone groups is 1. The van der Waals surface area contributed by atoms with Crippen molar-refractivity contribution in [3.05, 3.63) is 54.1 Å². The minimum atomic E-state index is -3.03. The molecule has 1 atom stereocenters. The Bertz CT molecular complexity index is 885. The van der Waals surface area contributed by atoms with Crippen LogP contribution >= 0.6 is 0 Å². The molecule has 0 aliphatic carbocycles. The number of pyridine rings is 2. The maximum Gasteiger partial charge on any atom is 0.272 e. The zero-order chi connectivity index (χ0) is 19.4. The predicted molar refractivity (Wildman–Crippen MR) is 105 cm³/mol. The Morgan fingerprint density at radius 1 is 1.19 bits per heavy atom. The summed E-state index contributed by atoms with van der Waals surface area (Å²) in [7, 11) is 0.596. The SMILES string of the molecule is CN(CCc1ccncc1)c1ccc(C(=O)N(C)C2CCS(=O)(=O)C2)nc1. The highest BCUT2D eigenvalue weighted by Crippen LogP contribution is 2.19. The van der Waals surface area contributed by atoms with Crippen LogP contribution in [0.5, 0.6) is 0 Å². The molecule has 1 saturated heterocycles. The molecule has 7 nitrogen and oxygen atoms in total. The van der Waals surface area contributed by atoms with Crippen molar-refractivity contribution >= 4 is 21.4 Å². The Balaban J connectivity index is 1.60. The molecule has 3 heterocycles. The lowest BCUT2D eigenvalue weighted by Crippen LogP contribution is -2.38. The Hall–Kier alpha value is -2.48. The Morgan fingerprint density at radius 3 is 2.52 bits per heavy atom. The maximum atomic E-state index is 12.6. The third kappa shape index (κ3) is 4.82. The molecule has 27 heavy (non-hydrogen) atoms. The molecule has 2 aromatic heterocycles. The Morgan fingerprint density at radius 2 is 1.93 bits per heavy atom. The van der Waals surface area contributed by atoms with Gasteiger partial charge in [0, 0.05) is 39.1 Å². The summed E-state index contributed by atoms with van der Waals surface area (Å²) in [6.45, 7) is 0.818. The smallest absolute Gasteiger partial charge is 0.272 e. The van der Waals surface area contributed by atoms with E-state index in [1.165, 1.54) is 10.5 Å². The summed E-state index contributed by atoms with van der Waals surface area (Å²) in [5.41, 5.74) is 2.46. The van der Waals surface area contributed by atoms with E-state index in [0.29, 0.717) is 12.1 Å². The third-order valence-corrected chi connectivity index (χ3v) is 6.72. The van der Waals surface area contributed by atoms with E-state index in [1.54, 1.807) is 31.7 Å². The summed E-state index contributed by atoms with van der Waals surface area (Å²) in [5, 5.41) is 0. The third-order valence-electron chi connectivity index (χ3n) is 4.97. The number of amides is 1. The first-order chi connectivity index (χ1) is 12.9. The van der Waals surface area contributed by atoms with Crippen LogP contribution in [-0.2, 0) is 16.3 Å². The Kier molecular flexibility index (Phi) is 5.74. The van der Waals surface area contributed by atoms with Crippen LogP contribution in [0, 0.1) is 0 Å². The van der Waals surface area contributed by atoms with E-state index in [1.807, 2.05) is 25.2 Å². The van der Waals surface area contributed by atoms with Gasteiger partial charge in [0.05, 0.1) is 23.4 Å². The van der Waals surface area contributed by atoms with Crippen LogP contribution in [-0.4, -0.2) is 67.4 Å². The number of anilines is 1. The number of nitrogens with zero attached hydrogens (tertiary/aromatic N) is 4. The number of hydrogen-bond acceptors (Lipinski definition) is 6. The zero-order valence-corrected chi connectivity index (χ0v) is 16.4. The average molecular weight is 388 g/mol. The molecular formula is C19H24N4O3S. The maximum absolute atomic E-state index is 12.6. The summed E-state index contributed by atoms with van der Waals surface area (Å²) in [4.78, 5) is 24.5. The highest BCUT2D eigenvalue weighted by atomic mass is 32.2. The van der Waals surface area contributed by atoms with Gasteiger partial charge >= 0.3 is 0 Å². The van der Waals surface area contributed by atoms with Crippen LogP contribution < -0.4 is 4.90 Å². The average Bonchev–Trinajstić information content (AvgIpc) is 3.05. The molecule has 1 aliphatic rings. The van der Waals surface area contributed by atoms with Crippen LogP contribution in [0.1, 0.15) is 22.5 Å². The van der Waals surface area contributed by atoms with Crippen LogP contribution in [0.2, 0.25) is 0 Å². The molecule has 1 fully saturated rings. The second-order valence-corrected chi connectivity index (χ2v) is 9.13. The molecule has 1 aliphatic heterocycles. The van der Waals surface area contributed by atoms with E-state index in [0.717, 1.165) is 18.7 Å². The molecular weight excluding hydrogens is 364 g/mol. The first-order valence-corrected chi connectivity index (χ1v) is 10.7. The normalized spacial score (nSPS) is 18.2. The van der Waals surface area contributed by atoms with Gasteiger partial charge in [-0.3, -0.25) is 9.78 Å². The van der Waals surface area contributed by atoms with Crippen molar-refractivity contribution in [1.82, 2.24) is 14.9 Å². The molecule has 8 heteroatoms. The van der Waals surface area contributed by atoms with Crippen molar-refractivity contribution in [3.8, 4) is 0 Å². The molecule has 3 rings (SSSR count). The molecule has 0 spiro atoms. The van der Waals surface area contributed by atoms with Gasteiger partial charge < -0.3 is 9.80 Å². The van der Waals surface area contributed by atoms with Gasteiger partial charge in [-0.1, -0.05) is 0 Å². The Labute approximate surface area is 160 Å². The van der Waals surface area contributed by atoms with E-state index >= 15 is 0 Å². The minimum Gasteiger partial charge on any atom is -0.373 e. The van der Waals surface area contributed by atoms with Crippen molar-refractivity contribution in [2.75, 3.05) is 37.0 Å². The van der Waals surface area contributed by atoms with Crippen molar-refractivity contribution in [1.29, 1.82) is 0 Å². The van der Waals surface area contributed by atoms with Crippen LogP contribution in [0.25, 0.3) is 0 Å². The molecule has 1 amide bonds. The van der Waals surface area contributed by atoms with Gasteiger partial charge in [0.1, 0.15) is 5.69 Å². The molecule has 144 valence electrons. The minimum absolute atomic E-state index is 0.0328.